The molecule has 0 aliphatic rings. The summed E-state index contributed by atoms with van der Waals surface area (Å²) >= 11 is 3.15. The summed E-state index contributed by atoms with van der Waals surface area (Å²) in [4.78, 5) is 0. The number of aliphatic hydroxyl groups is 1. The van der Waals surface area contributed by atoms with Crippen LogP contribution < -0.4 is 4.74 Å². The Morgan fingerprint density at radius 3 is 2.69 bits per heavy atom. The number of rotatable bonds is 3. The van der Waals surface area contributed by atoms with E-state index in [1.54, 1.807) is 12.1 Å². The van der Waals surface area contributed by atoms with Gasteiger partial charge in [0, 0.05) is 5.33 Å². The predicted octanol–water partition coefficient (Wildman–Crippen LogP) is 1.83. The number of phenolic OH excluding ortho intramolecular Hbond substituents is 1. The number of hydrogen-bond donors (Lipinski definition) is 2. The lowest BCUT2D eigenvalue weighted by Gasteiger charge is -2.09. The van der Waals surface area contributed by atoms with Crippen LogP contribution in [0.25, 0.3) is 0 Å². The molecule has 0 fully saturated rings. The van der Waals surface area contributed by atoms with Gasteiger partial charge in [-0.3, -0.25) is 0 Å². The Hall–Kier alpha value is -0.740. The molecular formula is C9H11BrO3. The van der Waals surface area contributed by atoms with Gasteiger partial charge in [-0.15, -0.1) is 0 Å². The minimum Gasteiger partial charge on any atom is -0.504 e. The lowest BCUT2D eigenvalue weighted by Crippen LogP contribution is -1.98. The van der Waals surface area contributed by atoms with Gasteiger partial charge in [0.15, 0.2) is 11.5 Å². The Morgan fingerprint density at radius 1 is 1.54 bits per heavy atom. The van der Waals surface area contributed by atoms with Gasteiger partial charge in [-0.25, -0.2) is 0 Å². The quantitative estimate of drug-likeness (QED) is 0.801. The third-order valence-electron chi connectivity index (χ3n) is 1.73. The smallest absolute Gasteiger partial charge is 0.160 e. The summed E-state index contributed by atoms with van der Waals surface area (Å²) in [6, 6.07) is 4.83. The SMILES string of the molecule is COc1ccc(C(O)CBr)cc1O. The highest BCUT2D eigenvalue weighted by Gasteiger charge is 2.08. The Balaban J connectivity index is 2.95. The summed E-state index contributed by atoms with van der Waals surface area (Å²) in [5.41, 5.74) is 0.662. The molecule has 0 radical (unpaired) electrons. The van der Waals surface area contributed by atoms with Gasteiger partial charge in [0.2, 0.25) is 0 Å². The monoisotopic (exact) mass is 246 g/mol. The van der Waals surface area contributed by atoms with Gasteiger partial charge >= 0.3 is 0 Å². The van der Waals surface area contributed by atoms with Crippen LogP contribution >= 0.6 is 15.9 Å². The molecule has 13 heavy (non-hydrogen) atoms. The molecule has 0 spiro atoms. The van der Waals surface area contributed by atoms with Crippen LogP contribution in [0.1, 0.15) is 11.7 Å². The number of halogens is 1. The lowest BCUT2D eigenvalue weighted by atomic mass is 10.1. The standard InChI is InChI=1S/C9H11BrO3/c1-13-9-3-2-6(4-7(9)11)8(12)5-10/h2-4,8,11-12H,5H2,1H3. The number of methoxy groups -OCH3 is 1. The molecule has 0 aliphatic heterocycles. The average molecular weight is 247 g/mol. The molecule has 1 atom stereocenters. The molecule has 0 heterocycles. The highest BCUT2D eigenvalue weighted by molar-refractivity contribution is 9.09. The van der Waals surface area contributed by atoms with Crippen molar-refractivity contribution in [3.05, 3.63) is 23.8 Å². The number of alkyl halides is 1. The van der Waals surface area contributed by atoms with E-state index in [2.05, 4.69) is 15.9 Å². The van der Waals surface area contributed by atoms with Crippen LogP contribution in [0.15, 0.2) is 18.2 Å². The van der Waals surface area contributed by atoms with Crippen LogP contribution in [0.4, 0.5) is 0 Å². The normalized spacial score (nSPS) is 12.5. The van der Waals surface area contributed by atoms with Crippen molar-refractivity contribution < 1.29 is 14.9 Å². The minimum atomic E-state index is -0.600. The molecule has 4 heteroatoms. The molecule has 1 aromatic carbocycles. The molecular weight excluding hydrogens is 236 g/mol. The maximum atomic E-state index is 9.42. The fourth-order valence-corrected chi connectivity index (χ4v) is 1.38. The van der Waals surface area contributed by atoms with Gasteiger partial charge in [-0.2, -0.15) is 0 Å². The van der Waals surface area contributed by atoms with E-state index in [1.807, 2.05) is 0 Å². The maximum absolute atomic E-state index is 9.42. The van der Waals surface area contributed by atoms with E-state index >= 15 is 0 Å². The summed E-state index contributed by atoms with van der Waals surface area (Å²) in [5.74, 6) is 0.450. The van der Waals surface area contributed by atoms with E-state index in [-0.39, 0.29) is 5.75 Å². The first kappa shape index (κ1) is 10.3. The van der Waals surface area contributed by atoms with Crippen molar-refractivity contribution in [3.8, 4) is 11.5 Å². The number of phenols is 1. The molecule has 0 amide bonds. The molecule has 0 bridgehead atoms. The van der Waals surface area contributed by atoms with E-state index in [0.717, 1.165) is 0 Å². The first-order valence-electron chi connectivity index (χ1n) is 3.80. The topological polar surface area (TPSA) is 49.7 Å². The Bertz CT molecular complexity index is 288. The van der Waals surface area contributed by atoms with Crippen LogP contribution in [0.5, 0.6) is 11.5 Å². The summed E-state index contributed by atoms with van der Waals surface area (Å²) in [6.45, 7) is 0. The number of aromatic hydroxyl groups is 1. The molecule has 0 aliphatic carbocycles. The highest BCUT2D eigenvalue weighted by atomic mass is 79.9. The zero-order valence-corrected chi connectivity index (χ0v) is 8.78. The molecule has 0 saturated carbocycles. The van der Waals surface area contributed by atoms with Gasteiger partial charge in [0.1, 0.15) is 0 Å². The number of benzene rings is 1. The van der Waals surface area contributed by atoms with Crippen molar-refractivity contribution >= 4 is 15.9 Å². The number of hydrogen-bond acceptors (Lipinski definition) is 3. The summed E-state index contributed by atoms with van der Waals surface area (Å²) in [5, 5.41) is 19.2. The largest absolute Gasteiger partial charge is 0.504 e. The van der Waals surface area contributed by atoms with Gasteiger partial charge in [-0.05, 0) is 17.7 Å². The third kappa shape index (κ3) is 2.35. The highest BCUT2D eigenvalue weighted by Crippen LogP contribution is 2.29. The van der Waals surface area contributed by atoms with E-state index in [0.29, 0.717) is 16.6 Å². The Labute approximate surface area is 85.1 Å². The zero-order chi connectivity index (χ0) is 9.84. The second kappa shape index (κ2) is 4.48. The molecule has 0 aromatic heterocycles. The van der Waals surface area contributed by atoms with Gasteiger partial charge in [0.25, 0.3) is 0 Å². The van der Waals surface area contributed by atoms with Gasteiger partial charge in [-0.1, -0.05) is 22.0 Å². The molecule has 1 unspecified atom stereocenters. The first-order chi connectivity index (χ1) is 6.19. The average Bonchev–Trinajstić information content (AvgIpc) is 2.16. The summed E-state index contributed by atoms with van der Waals surface area (Å²) in [6.07, 6.45) is -0.600. The Morgan fingerprint density at radius 2 is 2.23 bits per heavy atom. The fraction of sp³-hybridized carbons (Fsp3) is 0.333. The van der Waals surface area contributed by atoms with Gasteiger partial charge in [0.05, 0.1) is 13.2 Å². The second-order valence-electron chi connectivity index (χ2n) is 2.60. The van der Waals surface area contributed by atoms with Crippen LogP contribution in [0.3, 0.4) is 0 Å². The van der Waals surface area contributed by atoms with Crippen molar-refractivity contribution in [3.63, 3.8) is 0 Å². The van der Waals surface area contributed by atoms with Crippen LogP contribution in [-0.4, -0.2) is 22.7 Å². The van der Waals surface area contributed by atoms with Crippen molar-refractivity contribution in [1.29, 1.82) is 0 Å². The van der Waals surface area contributed by atoms with Crippen molar-refractivity contribution in [2.24, 2.45) is 0 Å². The van der Waals surface area contributed by atoms with Crippen molar-refractivity contribution in [2.75, 3.05) is 12.4 Å². The molecule has 1 aromatic rings. The fourth-order valence-electron chi connectivity index (χ4n) is 1.00. The van der Waals surface area contributed by atoms with E-state index in [1.165, 1.54) is 13.2 Å². The van der Waals surface area contributed by atoms with E-state index in [4.69, 9.17) is 4.74 Å². The van der Waals surface area contributed by atoms with Gasteiger partial charge < -0.3 is 14.9 Å². The van der Waals surface area contributed by atoms with E-state index in [9.17, 15) is 10.2 Å². The molecule has 2 N–H and O–H groups in total. The maximum Gasteiger partial charge on any atom is 0.160 e. The summed E-state index contributed by atoms with van der Waals surface area (Å²) in [7, 11) is 1.48. The molecule has 3 nitrogen and oxygen atoms in total. The Kier molecular flexibility index (Phi) is 3.57. The van der Waals surface area contributed by atoms with Crippen molar-refractivity contribution in [1.82, 2.24) is 0 Å². The minimum absolute atomic E-state index is 0.0417. The van der Waals surface area contributed by atoms with E-state index < -0.39 is 6.10 Å². The number of ether oxygens (including phenoxy) is 1. The summed E-state index contributed by atoms with van der Waals surface area (Å²) < 4.78 is 4.87. The second-order valence-corrected chi connectivity index (χ2v) is 3.25. The molecule has 72 valence electrons. The predicted molar refractivity (Wildman–Crippen MR) is 53.4 cm³/mol. The first-order valence-corrected chi connectivity index (χ1v) is 4.92. The van der Waals surface area contributed by atoms with Crippen LogP contribution in [0, 0.1) is 0 Å². The van der Waals surface area contributed by atoms with Crippen molar-refractivity contribution in [2.45, 2.75) is 6.10 Å². The van der Waals surface area contributed by atoms with Crippen LogP contribution in [-0.2, 0) is 0 Å². The van der Waals surface area contributed by atoms with Crippen LogP contribution in [0.2, 0.25) is 0 Å². The zero-order valence-electron chi connectivity index (χ0n) is 7.20. The molecule has 0 saturated heterocycles. The third-order valence-corrected chi connectivity index (χ3v) is 2.35. The lowest BCUT2D eigenvalue weighted by molar-refractivity contribution is 0.204. The molecule has 1 rings (SSSR count). The number of aliphatic hydroxyl groups excluding tert-OH is 1.